The molecule has 0 aliphatic carbocycles. The molecule has 1 fully saturated rings. The molecule has 1 saturated heterocycles. The van der Waals surface area contributed by atoms with Gasteiger partial charge in [0.05, 0.1) is 17.5 Å². The van der Waals surface area contributed by atoms with Crippen LogP contribution in [0.3, 0.4) is 0 Å². The van der Waals surface area contributed by atoms with Crippen LogP contribution in [0.5, 0.6) is 5.75 Å². The molecule has 0 saturated carbocycles. The summed E-state index contributed by atoms with van der Waals surface area (Å²) in [5.41, 5.74) is 8.01. The molecule has 0 unspecified atom stereocenters. The highest BCUT2D eigenvalue weighted by Crippen LogP contribution is 2.36. The number of imidazole rings is 1. The van der Waals surface area contributed by atoms with E-state index in [1.807, 2.05) is 10.7 Å². The number of benzene rings is 1. The van der Waals surface area contributed by atoms with Crippen LogP contribution in [0.4, 0.5) is 5.13 Å². The molecule has 0 atom stereocenters. The van der Waals surface area contributed by atoms with E-state index >= 15 is 0 Å². The van der Waals surface area contributed by atoms with Gasteiger partial charge in [-0.25, -0.2) is 9.50 Å². The topological polar surface area (TPSA) is 88.9 Å². The predicted molar refractivity (Wildman–Crippen MR) is 120 cm³/mol. The first-order chi connectivity index (χ1) is 13.9. The van der Waals surface area contributed by atoms with Crippen molar-refractivity contribution in [3.63, 3.8) is 0 Å². The van der Waals surface area contributed by atoms with E-state index in [0.717, 1.165) is 40.2 Å². The number of aliphatic hydroxyl groups is 1. The lowest BCUT2D eigenvalue weighted by molar-refractivity contribution is 0.0249. The predicted octanol–water partition coefficient (Wildman–Crippen LogP) is 3.14. The Morgan fingerprint density at radius 2 is 2.10 bits per heavy atom. The lowest BCUT2D eigenvalue weighted by Crippen LogP contribution is -2.48. The molecule has 1 aromatic carbocycles. The fourth-order valence-corrected chi connectivity index (χ4v) is 4.68. The number of nitrogens with two attached hydrogens (primary N) is 1. The van der Waals surface area contributed by atoms with E-state index in [0.29, 0.717) is 31.2 Å². The Morgan fingerprint density at radius 3 is 2.76 bits per heavy atom. The Hall–Kier alpha value is -1.81. The van der Waals surface area contributed by atoms with E-state index in [1.165, 1.54) is 5.56 Å². The first kappa shape index (κ1) is 20.5. The van der Waals surface area contributed by atoms with Gasteiger partial charge in [0.1, 0.15) is 11.7 Å². The van der Waals surface area contributed by atoms with E-state index < -0.39 is 5.60 Å². The molecule has 1 aliphatic rings. The molecule has 7 nitrogen and oxygen atoms in total. The van der Waals surface area contributed by atoms with Gasteiger partial charge in [0.2, 0.25) is 10.1 Å². The summed E-state index contributed by atoms with van der Waals surface area (Å²) in [6, 6.07) is 6.26. The summed E-state index contributed by atoms with van der Waals surface area (Å²) in [4.78, 5) is 7.59. The Bertz CT molecular complexity index is 992. The van der Waals surface area contributed by atoms with Gasteiger partial charge in [-0.1, -0.05) is 31.3 Å². The zero-order chi connectivity index (χ0) is 20.6. The normalized spacial score (nSPS) is 16.7. The van der Waals surface area contributed by atoms with Gasteiger partial charge in [-0.3, -0.25) is 0 Å². The number of aromatic nitrogens is 3. The van der Waals surface area contributed by atoms with Gasteiger partial charge in [0, 0.05) is 25.2 Å². The summed E-state index contributed by atoms with van der Waals surface area (Å²) in [5, 5.41) is 16.1. The van der Waals surface area contributed by atoms with Crippen molar-refractivity contribution in [3.05, 3.63) is 30.0 Å². The number of ether oxygens (including phenoxy) is 1. The SMILES string of the molecule is CC(C)c1ccc(-c2cnc3sc(N4CCC(O)(CN)CC4)nn23)c(OCS)c1. The average molecular weight is 434 g/mol. The van der Waals surface area contributed by atoms with Gasteiger partial charge < -0.3 is 20.5 Å². The number of anilines is 1. The molecule has 3 aromatic rings. The fraction of sp³-hybridized carbons (Fsp3) is 0.500. The molecule has 2 aromatic heterocycles. The van der Waals surface area contributed by atoms with E-state index in [1.54, 1.807) is 11.3 Å². The molecule has 9 heteroatoms. The smallest absolute Gasteiger partial charge is 0.214 e. The van der Waals surface area contributed by atoms with Crippen molar-refractivity contribution < 1.29 is 9.84 Å². The molecule has 3 heterocycles. The van der Waals surface area contributed by atoms with Crippen molar-refractivity contribution in [2.45, 2.75) is 38.2 Å². The molecule has 29 heavy (non-hydrogen) atoms. The minimum absolute atomic E-state index is 0.298. The Morgan fingerprint density at radius 1 is 1.34 bits per heavy atom. The van der Waals surface area contributed by atoms with Crippen molar-refractivity contribution >= 4 is 34.1 Å². The summed E-state index contributed by atoms with van der Waals surface area (Å²) in [7, 11) is 0. The van der Waals surface area contributed by atoms with E-state index in [-0.39, 0.29) is 0 Å². The number of nitrogens with zero attached hydrogens (tertiary/aromatic N) is 4. The van der Waals surface area contributed by atoms with Crippen LogP contribution in [0, 0.1) is 0 Å². The largest absolute Gasteiger partial charge is 0.483 e. The van der Waals surface area contributed by atoms with Crippen LogP contribution < -0.4 is 15.4 Å². The standard InChI is InChI=1S/C20H27N5O2S2/c1-13(2)14-3-4-15(17(9-14)27-12-28)16-10-22-18-25(16)23-19(29-18)24-7-5-20(26,11-21)6-8-24/h3-4,9-10,13,26,28H,5-8,11-12,21H2,1-2H3. The Kier molecular flexibility index (Phi) is 5.74. The number of hydrogen-bond acceptors (Lipinski definition) is 8. The lowest BCUT2D eigenvalue weighted by Gasteiger charge is -2.37. The minimum Gasteiger partial charge on any atom is -0.483 e. The zero-order valence-corrected chi connectivity index (χ0v) is 18.4. The molecule has 0 amide bonds. The Balaban J connectivity index is 1.66. The molecule has 156 valence electrons. The maximum absolute atomic E-state index is 10.4. The number of thiol groups is 1. The van der Waals surface area contributed by atoms with Crippen LogP contribution in [0.25, 0.3) is 16.2 Å². The van der Waals surface area contributed by atoms with Crippen molar-refractivity contribution in [3.8, 4) is 17.0 Å². The van der Waals surface area contributed by atoms with Crippen molar-refractivity contribution in [2.24, 2.45) is 5.73 Å². The first-order valence-electron chi connectivity index (χ1n) is 9.84. The van der Waals surface area contributed by atoms with Crippen LogP contribution >= 0.6 is 24.0 Å². The summed E-state index contributed by atoms with van der Waals surface area (Å²) in [6.07, 6.45) is 3.13. The average Bonchev–Trinajstić information content (AvgIpc) is 3.30. The van der Waals surface area contributed by atoms with Crippen LogP contribution in [0.2, 0.25) is 0 Å². The third-order valence-corrected chi connectivity index (χ3v) is 6.70. The first-order valence-corrected chi connectivity index (χ1v) is 11.3. The summed E-state index contributed by atoms with van der Waals surface area (Å²) in [5.74, 6) is 1.50. The minimum atomic E-state index is -0.754. The molecular formula is C20H27N5O2S2. The number of hydrogen-bond donors (Lipinski definition) is 3. The van der Waals surface area contributed by atoms with Crippen molar-refractivity contribution in [1.82, 2.24) is 14.6 Å². The zero-order valence-electron chi connectivity index (χ0n) is 16.7. The number of piperidine rings is 1. The van der Waals surface area contributed by atoms with Crippen LogP contribution in [0.1, 0.15) is 38.2 Å². The highest BCUT2D eigenvalue weighted by atomic mass is 32.1. The highest BCUT2D eigenvalue weighted by molar-refractivity contribution is 7.80. The lowest BCUT2D eigenvalue weighted by atomic mass is 9.92. The maximum atomic E-state index is 10.4. The van der Waals surface area contributed by atoms with Gasteiger partial charge in [0.15, 0.2) is 0 Å². The van der Waals surface area contributed by atoms with E-state index in [9.17, 15) is 5.11 Å². The van der Waals surface area contributed by atoms with Gasteiger partial charge in [-0.15, -0.1) is 17.7 Å². The maximum Gasteiger partial charge on any atom is 0.214 e. The second-order valence-corrected chi connectivity index (χ2v) is 9.01. The number of fused-ring (bicyclic) bond motifs is 1. The summed E-state index contributed by atoms with van der Waals surface area (Å²) < 4.78 is 7.68. The van der Waals surface area contributed by atoms with E-state index in [4.69, 9.17) is 15.6 Å². The quantitative estimate of drug-likeness (QED) is 0.409. The molecule has 0 bridgehead atoms. The molecule has 0 spiro atoms. The van der Waals surface area contributed by atoms with Crippen molar-refractivity contribution in [2.75, 3.05) is 30.5 Å². The third-order valence-electron chi connectivity index (χ3n) is 5.59. The van der Waals surface area contributed by atoms with E-state index in [2.05, 4.69) is 54.6 Å². The second kappa shape index (κ2) is 8.14. The van der Waals surface area contributed by atoms with Crippen molar-refractivity contribution in [1.29, 1.82) is 0 Å². The van der Waals surface area contributed by atoms with Gasteiger partial charge in [-0.2, -0.15) is 0 Å². The fourth-order valence-electron chi connectivity index (χ4n) is 3.61. The molecular weight excluding hydrogens is 406 g/mol. The number of rotatable bonds is 6. The molecule has 0 radical (unpaired) electrons. The summed E-state index contributed by atoms with van der Waals surface area (Å²) >= 11 is 5.79. The monoisotopic (exact) mass is 433 g/mol. The van der Waals surface area contributed by atoms with Gasteiger partial charge >= 0.3 is 0 Å². The third kappa shape index (κ3) is 3.96. The van der Waals surface area contributed by atoms with Crippen LogP contribution in [-0.4, -0.2) is 50.9 Å². The van der Waals surface area contributed by atoms with Crippen LogP contribution in [0.15, 0.2) is 24.4 Å². The molecule has 1 aliphatic heterocycles. The summed E-state index contributed by atoms with van der Waals surface area (Å²) in [6.45, 7) is 6.08. The van der Waals surface area contributed by atoms with Gasteiger partial charge in [-0.05, 0) is 36.5 Å². The van der Waals surface area contributed by atoms with Crippen LogP contribution in [-0.2, 0) is 0 Å². The second-order valence-electron chi connectivity index (χ2n) is 7.82. The van der Waals surface area contributed by atoms with Gasteiger partial charge in [0.25, 0.3) is 0 Å². The molecule has 4 rings (SSSR count). The highest BCUT2D eigenvalue weighted by Gasteiger charge is 2.32. The Labute approximate surface area is 179 Å². The molecule has 3 N–H and O–H groups in total.